The van der Waals surface area contributed by atoms with E-state index in [0.29, 0.717) is 17.9 Å². The number of piperazine rings is 1. The second-order valence-electron chi connectivity index (χ2n) is 5.05. The van der Waals surface area contributed by atoms with E-state index >= 15 is 0 Å². The number of aromatic hydroxyl groups is 1. The Kier molecular flexibility index (Phi) is 7.72. The summed E-state index contributed by atoms with van der Waals surface area (Å²) in [6.45, 7) is 3.15. The highest BCUT2D eigenvalue weighted by molar-refractivity contribution is 5.85. The summed E-state index contributed by atoms with van der Waals surface area (Å²) in [6.07, 6.45) is 0.414. The standard InChI is InChI=1S/C15H23FN2O3.ClH/c1-20-13-9-11(10-14(21-2)15(13)19)12(3-4-16)18-7-5-17-6-8-18;/h9-10,12,17,19H,3-8H2,1-2H3;1H/t12-;/m0./s1. The SMILES string of the molecule is COc1cc([C@H](CCF)N2CCNCC2)cc(OC)c1O.Cl. The van der Waals surface area contributed by atoms with Gasteiger partial charge in [-0.3, -0.25) is 9.29 Å². The van der Waals surface area contributed by atoms with Crippen LogP contribution in [0.2, 0.25) is 0 Å². The molecule has 1 heterocycles. The highest BCUT2D eigenvalue weighted by Crippen LogP contribution is 2.40. The van der Waals surface area contributed by atoms with Crippen LogP contribution in [-0.2, 0) is 0 Å². The number of phenolic OH excluding ortho intramolecular Hbond substituents is 1. The monoisotopic (exact) mass is 334 g/mol. The minimum atomic E-state index is -0.389. The van der Waals surface area contributed by atoms with E-state index in [1.54, 1.807) is 12.1 Å². The van der Waals surface area contributed by atoms with E-state index in [2.05, 4.69) is 10.2 Å². The molecule has 1 aliphatic rings. The lowest BCUT2D eigenvalue weighted by Crippen LogP contribution is -2.45. The van der Waals surface area contributed by atoms with Crippen LogP contribution in [0.15, 0.2) is 12.1 Å². The number of halogens is 2. The quantitative estimate of drug-likeness (QED) is 0.834. The van der Waals surface area contributed by atoms with Gasteiger partial charge in [0.15, 0.2) is 11.5 Å². The van der Waals surface area contributed by atoms with Gasteiger partial charge in [-0.25, -0.2) is 0 Å². The van der Waals surface area contributed by atoms with Crippen LogP contribution in [0.4, 0.5) is 4.39 Å². The maximum Gasteiger partial charge on any atom is 0.200 e. The van der Waals surface area contributed by atoms with Gasteiger partial charge >= 0.3 is 0 Å². The molecular weight excluding hydrogens is 311 g/mol. The Morgan fingerprint density at radius 1 is 1.23 bits per heavy atom. The predicted octanol–water partition coefficient (Wildman–Crippen LogP) is 2.14. The minimum Gasteiger partial charge on any atom is -0.502 e. The molecule has 0 saturated carbocycles. The van der Waals surface area contributed by atoms with Crippen molar-refractivity contribution >= 4 is 12.4 Å². The fourth-order valence-electron chi connectivity index (χ4n) is 2.76. The summed E-state index contributed by atoms with van der Waals surface area (Å²) in [7, 11) is 2.99. The van der Waals surface area contributed by atoms with E-state index in [1.165, 1.54) is 14.2 Å². The molecule has 1 aromatic rings. The van der Waals surface area contributed by atoms with Gasteiger partial charge < -0.3 is 19.9 Å². The molecule has 1 atom stereocenters. The highest BCUT2D eigenvalue weighted by Gasteiger charge is 2.24. The number of hydrogen-bond acceptors (Lipinski definition) is 5. The van der Waals surface area contributed by atoms with E-state index in [-0.39, 0.29) is 30.9 Å². The molecule has 1 fully saturated rings. The molecule has 5 nitrogen and oxygen atoms in total. The Morgan fingerprint density at radius 2 is 1.77 bits per heavy atom. The molecule has 0 amide bonds. The highest BCUT2D eigenvalue weighted by atomic mass is 35.5. The summed E-state index contributed by atoms with van der Waals surface area (Å²) in [5, 5.41) is 13.3. The Hall–Kier alpha value is -1.24. The molecule has 22 heavy (non-hydrogen) atoms. The normalized spacial score (nSPS) is 16.7. The van der Waals surface area contributed by atoms with Crippen LogP contribution in [0, 0.1) is 0 Å². The number of phenols is 1. The third kappa shape index (κ3) is 4.15. The number of ether oxygens (including phenoxy) is 2. The van der Waals surface area contributed by atoms with Gasteiger partial charge in [0.2, 0.25) is 5.75 Å². The molecule has 0 spiro atoms. The predicted molar refractivity (Wildman–Crippen MR) is 86.2 cm³/mol. The van der Waals surface area contributed by atoms with Crippen LogP contribution in [-0.4, -0.2) is 57.1 Å². The average Bonchev–Trinajstić information content (AvgIpc) is 2.54. The number of benzene rings is 1. The van der Waals surface area contributed by atoms with E-state index < -0.39 is 0 Å². The molecule has 1 saturated heterocycles. The zero-order valence-electron chi connectivity index (χ0n) is 13.0. The van der Waals surface area contributed by atoms with E-state index in [4.69, 9.17) is 9.47 Å². The number of rotatable bonds is 6. The Morgan fingerprint density at radius 3 is 2.23 bits per heavy atom. The number of nitrogens with one attached hydrogen (secondary N) is 1. The number of hydrogen-bond donors (Lipinski definition) is 2. The van der Waals surface area contributed by atoms with Gasteiger partial charge in [0.25, 0.3) is 0 Å². The molecule has 0 aliphatic carbocycles. The third-order valence-electron chi connectivity index (χ3n) is 3.86. The van der Waals surface area contributed by atoms with Crippen molar-refractivity contribution in [1.82, 2.24) is 10.2 Å². The first-order valence-corrected chi connectivity index (χ1v) is 7.16. The number of nitrogens with zero attached hydrogens (tertiary/aromatic N) is 1. The van der Waals surface area contributed by atoms with Gasteiger partial charge in [-0.15, -0.1) is 12.4 Å². The molecule has 1 aromatic carbocycles. The minimum absolute atomic E-state index is 0. The Balaban J connectivity index is 0.00000242. The van der Waals surface area contributed by atoms with Gasteiger partial charge in [-0.2, -0.15) is 0 Å². The van der Waals surface area contributed by atoms with Crippen molar-refractivity contribution < 1.29 is 19.0 Å². The molecular formula is C15H24ClFN2O3. The summed E-state index contributed by atoms with van der Waals surface area (Å²) in [5.74, 6) is 0.676. The molecule has 1 aliphatic heterocycles. The van der Waals surface area contributed by atoms with Crippen molar-refractivity contribution in [3.63, 3.8) is 0 Å². The smallest absolute Gasteiger partial charge is 0.200 e. The van der Waals surface area contributed by atoms with Gasteiger partial charge in [0.05, 0.1) is 20.9 Å². The molecule has 0 aromatic heterocycles. The van der Waals surface area contributed by atoms with E-state index in [0.717, 1.165) is 31.7 Å². The summed E-state index contributed by atoms with van der Waals surface area (Å²) in [4.78, 5) is 2.25. The Bertz CT molecular complexity index is 445. The van der Waals surface area contributed by atoms with Crippen molar-refractivity contribution in [3.05, 3.63) is 17.7 Å². The van der Waals surface area contributed by atoms with E-state index in [9.17, 15) is 9.50 Å². The zero-order valence-corrected chi connectivity index (χ0v) is 13.8. The van der Waals surface area contributed by atoms with Gasteiger partial charge in [-0.05, 0) is 24.1 Å². The molecule has 0 unspecified atom stereocenters. The van der Waals surface area contributed by atoms with Crippen molar-refractivity contribution in [2.45, 2.75) is 12.5 Å². The Labute approximate surface area is 136 Å². The van der Waals surface area contributed by atoms with Crippen LogP contribution >= 0.6 is 12.4 Å². The van der Waals surface area contributed by atoms with Crippen LogP contribution in [0.1, 0.15) is 18.0 Å². The fraction of sp³-hybridized carbons (Fsp3) is 0.600. The number of methoxy groups -OCH3 is 2. The average molecular weight is 335 g/mol. The van der Waals surface area contributed by atoms with Crippen molar-refractivity contribution in [2.75, 3.05) is 47.1 Å². The largest absolute Gasteiger partial charge is 0.502 e. The second kappa shape index (κ2) is 9.02. The van der Waals surface area contributed by atoms with Crippen molar-refractivity contribution in [3.8, 4) is 17.2 Å². The summed E-state index contributed by atoms with van der Waals surface area (Å²) in [5.41, 5.74) is 0.904. The zero-order chi connectivity index (χ0) is 15.2. The van der Waals surface area contributed by atoms with Crippen LogP contribution in [0.25, 0.3) is 0 Å². The first kappa shape index (κ1) is 18.8. The van der Waals surface area contributed by atoms with Crippen LogP contribution < -0.4 is 14.8 Å². The lowest BCUT2D eigenvalue weighted by atomic mass is 10.0. The maximum atomic E-state index is 13.0. The first-order valence-electron chi connectivity index (χ1n) is 7.16. The van der Waals surface area contributed by atoms with Crippen molar-refractivity contribution in [2.24, 2.45) is 0 Å². The van der Waals surface area contributed by atoms with Gasteiger partial charge in [-0.1, -0.05) is 0 Å². The molecule has 2 rings (SSSR count). The lowest BCUT2D eigenvalue weighted by Gasteiger charge is -2.35. The lowest BCUT2D eigenvalue weighted by molar-refractivity contribution is 0.157. The summed E-state index contributed by atoms with van der Waals surface area (Å²) in [6, 6.07) is 3.49. The first-order chi connectivity index (χ1) is 10.2. The fourth-order valence-corrected chi connectivity index (χ4v) is 2.76. The molecule has 126 valence electrons. The maximum absolute atomic E-state index is 13.0. The summed E-state index contributed by atoms with van der Waals surface area (Å²) < 4.78 is 23.4. The molecule has 2 N–H and O–H groups in total. The second-order valence-corrected chi connectivity index (χ2v) is 5.05. The van der Waals surface area contributed by atoms with Crippen LogP contribution in [0.5, 0.6) is 17.2 Å². The van der Waals surface area contributed by atoms with E-state index in [1.807, 2.05) is 0 Å². The summed E-state index contributed by atoms with van der Waals surface area (Å²) >= 11 is 0. The molecule has 7 heteroatoms. The molecule has 0 bridgehead atoms. The number of alkyl halides is 1. The van der Waals surface area contributed by atoms with Crippen molar-refractivity contribution in [1.29, 1.82) is 0 Å². The molecule has 0 radical (unpaired) electrons. The van der Waals surface area contributed by atoms with Gasteiger partial charge in [0, 0.05) is 32.2 Å². The third-order valence-corrected chi connectivity index (χ3v) is 3.86. The van der Waals surface area contributed by atoms with Crippen LogP contribution in [0.3, 0.4) is 0 Å². The van der Waals surface area contributed by atoms with Gasteiger partial charge in [0.1, 0.15) is 0 Å². The topological polar surface area (TPSA) is 54.0 Å².